The van der Waals surface area contributed by atoms with Crippen molar-refractivity contribution in [1.82, 2.24) is 9.61 Å². The normalized spacial score (nSPS) is 10.5. The van der Waals surface area contributed by atoms with E-state index in [1.807, 2.05) is 30.3 Å². The van der Waals surface area contributed by atoms with Gasteiger partial charge in [-0.05, 0) is 42.7 Å². The summed E-state index contributed by atoms with van der Waals surface area (Å²) in [6, 6.07) is 15.9. The van der Waals surface area contributed by atoms with Crippen LogP contribution in [-0.2, 0) is 6.42 Å². The van der Waals surface area contributed by atoms with Crippen LogP contribution in [0.4, 0.5) is 0 Å². The van der Waals surface area contributed by atoms with Crippen LogP contribution >= 0.6 is 0 Å². The maximum atomic E-state index is 12.7. The molecular formula is C23H16N2O4. The van der Waals surface area contributed by atoms with Gasteiger partial charge in [-0.25, -0.2) is 9.31 Å². The summed E-state index contributed by atoms with van der Waals surface area (Å²) in [5, 5.41) is 13.3. The van der Waals surface area contributed by atoms with Crippen LogP contribution in [-0.4, -0.2) is 20.7 Å². The molecule has 6 heteroatoms. The molecule has 2 aromatic heterocycles. The molecule has 1 N–H and O–H groups in total. The molecule has 0 aliphatic rings. The first-order chi connectivity index (χ1) is 14.0. The number of aromatic nitrogens is 2. The molecule has 6 nitrogen and oxygen atoms in total. The molecule has 2 aromatic carbocycles. The summed E-state index contributed by atoms with van der Waals surface area (Å²) in [6.45, 7) is 1.69. The lowest BCUT2D eigenvalue weighted by Gasteiger charge is -2.04. The van der Waals surface area contributed by atoms with Crippen molar-refractivity contribution in [3.63, 3.8) is 0 Å². The fourth-order valence-corrected chi connectivity index (χ4v) is 2.99. The van der Waals surface area contributed by atoms with Gasteiger partial charge in [-0.2, -0.15) is 0 Å². The van der Waals surface area contributed by atoms with Gasteiger partial charge in [0.15, 0.2) is 5.43 Å². The molecule has 4 aromatic rings. The fourth-order valence-electron chi connectivity index (χ4n) is 2.99. The van der Waals surface area contributed by atoms with Gasteiger partial charge in [-0.1, -0.05) is 36.3 Å². The summed E-state index contributed by atoms with van der Waals surface area (Å²) in [5.74, 6) is 5.09. The second-order valence-electron chi connectivity index (χ2n) is 6.56. The molecule has 0 fully saturated rings. The smallest absolute Gasteiger partial charge is 0.335 e. The lowest BCUT2D eigenvalue weighted by atomic mass is 10.0. The summed E-state index contributed by atoms with van der Waals surface area (Å²) in [4.78, 5) is 23.7. The average molecular weight is 384 g/mol. The Hall–Kier alpha value is -4.11. The molecule has 0 saturated heterocycles. The zero-order valence-electron chi connectivity index (χ0n) is 15.5. The van der Waals surface area contributed by atoms with Crippen molar-refractivity contribution in [2.75, 3.05) is 0 Å². The van der Waals surface area contributed by atoms with E-state index < -0.39 is 5.97 Å². The molecule has 0 atom stereocenters. The van der Waals surface area contributed by atoms with E-state index in [2.05, 4.69) is 16.9 Å². The largest absolute Gasteiger partial charge is 0.478 e. The molecule has 0 radical (unpaired) electrons. The van der Waals surface area contributed by atoms with Crippen LogP contribution in [0.2, 0.25) is 0 Å². The van der Waals surface area contributed by atoms with E-state index in [-0.39, 0.29) is 16.9 Å². The lowest BCUT2D eigenvalue weighted by Crippen LogP contribution is -2.15. The predicted octanol–water partition coefficient (Wildman–Crippen LogP) is 3.28. The quantitative estimate of drug-likeness (QED) is 0.548. The Labute approximate surface area is 166 Å². The molecule has 0 amide bonds. The highest BCUT2D eigenvalue weighted by Crippen LogP contribution is 2.14. The van der Waals surface area contributed by atoms with Crippen LogP contribution in [0.5, 0.6) is 0 Å². The monoisotopic (exact) mass is 384 g/mol. The van der Waals surface area contributed by atoms with E-state index in [4.69, 9.17) is 9.52 Å². The van der Waals surface area contributed by atoms with E-state index in [9.17, 15) is 9.59 Å². The molecule has 0 aliphatic carbocycles. The van der Waals surface area contributed by atoms with E-state index in [0.717, 1.165) is 11.1 Å². The molecule has 0 spiro atoms. The number of carbonyl (C=O) groups is 1. The Bertz CT molecular complexity index is 1320. The summed E-state index contributed by atoms with van der Waals surface area (Å²) < 4.78 is 7.18. The third kappa shape index (κ3) is 3.80. The van der Waals surface area contributed by atoms with Gasteiger partial charge in [0.25, 0.3) is 5.89 Å². The number of hydrogen-bond donors (Lipinski definition) is 1. The van der Waals surface area contributed by atoms with Crippen LogP contribution in [0.25, 0.3) is 5.71 Å². The van der Waals surface area contributed by atoms with Crippen LogP contribution in [0, 0.1) is 18.8 Å². The van der Waals surface area contributed by atoms with E-state index in [0.29, 0.717) is 23.3 Å². The first-order valence-corrected chi connectivity index (χ1v) is 8.92. The van der Waals surface area contributed by atoms with Gasteiger partial charge in [0, 0.05) is 23.7 Å². The van der Waals surface area contributed by atoms with E-state index in [1.165, 1.54) is 16.6 Å². The maximum absolute atomic E-state index is 12.7. The SMILES string of the molecule is Cc1c(=O)c(Cc2ccc(C(=O)O)cc2)cn2nc(C#Cc3ccccc3)oc12. The summed E-state index contributed by atoms with van der Waals surface area (Å²) in [6.07, 6.45) is 1.99. The van der Waals surface area contributed by atoms with E-state index in [1.54, 1.807) is 25.3 Å². The van der Waals surface area contributed by atoms with Crippen molar-refractivity contribution < 1.29 is 14.3 Å². The first-order valence-electron chi connectivity index (χ1n) is 8.92. The highest BCUT2D eigenvalue weighted by molar-refractivity contribution is 5.87. The number of hydrogen-bond acceptors (Lipinski definition) is 4. The predicted molar refractivity (Wildman–Crippen MR) is 107 cm³/mol. The molecule has 0 bridgehead atoms. The molecule has 0 unspecified atom stereocenters. The lowest BCUT2D eigenvalue weighted by molar-refractivity contribution is 0.0697. The Morgan fingerprint density at radius 2 is 1.83 bits per heavy atom. The number of pyridine rings is 1. The standard InChI is InChI=1S/C23H16N2O4/c1-15-21(26)19(13-17-7-10-18(11-8-17)23(27)28)14-25-22(15)29-20(24-25)12-9-16-5-3-2-4-6-16/h2-8,10-11,14H,13H2,1H3,(H,27,28). The Morgan fingerprint density at radius 1 is 1.10 bits per heavy atom. The van der Waals surface area contributed by atoms with Gasteiger partial charge in [-0.3, -0.25) is 4.79 Å². The fraction of sp³-hybridized carbons (Fsp3) is 0.0870. The average Bonchev–Trinajstić information content (AvgIpc) is 3.14. The minimum atomic E-state index is -0.986. The number of aromatic carboxylic acids is 1. The highest BCUT2D eigenvalue weighted by Gasteiger charge is 2.13. The van der Waals surface area contributed by atoms with Gasteiger partial charge in [0.1, 0.15) is 0 Å². The van der Waals surface area contributed by atoms with Crippen molar-refractivity contribution in [2.45, 2.75) is 13.3 Å². The molecular weight excluding hydrogens is 368 g/mol. The summed E-state index contributed by atoms with van der Waals surface area (Å²) >= 11 is 0. The molecule has 0 aliphatic heterocycles. The number of nitrogens with zero attached hydrogens (tertiary/aromatic N) is 2. The van der Waals surface area contributed by atoms with Crippen LogP contribution in [0.3, 0.4) is 0 Å². The second-order valence-corrected chi connectivity index (χ2v) is 6.56. The van der Waals surface area contributed by atoms with Gasteiger partial charge < -0.3 is 9.52 Å². The van der Waals surface area contributed by atoms with E-state index >= 15 is 0 Å². The van der Waals surface area contributed by atoms with Gasteiger partial charge in [0.05, 0.1) is 11.1 Å². The highest BCUT2D eigenvalue weighted by atomic mass is 16.4. The third-order valence-electron chi connectivity index (χ3n) is 4.51. The zero-order valence-corrected chi connectivity index (χ0v) is 15.5. The van der Waals surface area contributed by atoms with Crippen molar-refractivity contribution >= 4 is 11.7 Å². The van der Waals surface area contributed by atoms with Crippen molar-refractivity contribution in [3.8, 4) is 11.8 Å². The van der Waals surface area contributed by atoms with Gasteiger partial charge in [-0.15, -0.1) is 5.10 Å². The Morgan fingerprint density at radius 3 is 2.52 bits per heavy atom. The minimum Gasteiger partial charge on any atom is -0.478 e. The van der Waals surface area contributed by atoms with Crippen LogP contribution in [0.15, 0.2) is 70.0 Å². The summed E-state index contributed by atoms with van der Waals surface area (Å²) in [5.41, 5.74) is 3.09. The molecule has 29 heavy (non-hydrogen) atoms. The van der Waals surface area contributed by atoms with Crippen molar-refractivity contribution in [2.24, 2.45) is 0 Å². The Balaban J connectivity index is 1.68. The zero-order chi connectivity index (χ0) is 20.4. The second kappa shape index (κ2) is 7.49. The molecule has 2 heterocycles. The van der Waals surface area contributed by atoms with Crippen LogP contribution < -0.4 is 5.43 Å². The number of carboxylic acids is 1. The number of carboxylic acid groups (broad SMARTS) is 1. The topological polar surface area (TPSA) is 84.8 Å². The minimum absolute atomic E-state index is 0.133. The van der Waals surface area contributed by atoms with Gasteiger partial charge >= 0.3 is 5.97 Å². The van der Waals surface area contributed by atoms with Crippen LogP contribution in [0.1, 0.15) is 38.5 Å². The number of rotatable bonds is 3. The number of benzene rings is 2. The first kappa shape index (κ1) is 18.3. The number of aryl methyl sites for hydroxylation is 1. The van der Waals surface area contributed by atoms with Crippen molar-refractivity contribution in [1.29, 1.82) is 0 Å². The Kier molecular flexibility index (Phi) is 4.71. The molecule has 0 saturated carbocycles. The van der Waals surface area contributed by atoms with Gasteiger partial charge in [0.2, 0.25) is 5.71 Å². The maximum Gasteiger partial charge on any atom is 0.335 e. The third-order valence-corrected chi connectivity index (χ3v) is 4.51. The molecule has 4 rings (SSSR count). The number of fused-ring (bicyclic) bond motifs is 1. The van der Waals surface area contributed by atoms with Crippen molar-refractivity contribution in [3.05, 3.63) is 105 Å². The molecule has 142 valence electrons. The summed E-state index contributed by atoms with van der Waals surface area (Å²) in [7, 11) is 0.